The van der Waals surface area contributed by atoms with Crippen LogP contribution in [0.5, 0.6) is 0 Å². The summed E-state index contributed by atoms with van der Waals surface area (Å²) in [6.45, 7) is 8.83. The van der Waals surface area contributed by atoms with E-state index in [0.29, 0.717) is 0 Å². The Morgan fingerprint density at radius 3 is 1.68 bits per heavy atom. The van der Waals surface area contributed by atoms with Crippen molar-refractivity contribution in [1.82, 2.24) is 0 Å². The van der Waals surface area contributed by atoms with E-state index in [2.05, 4.69) is 33.8 Å². The normalized spacial score (nSPS) is 10.9. The largest absolute Gasteiger partial charge is 0.481 e. The second-order valence-electron chi connectivity index (χ2n) is 6.20. The van der Waals surface area contributed by atoms with Crippen LogP contribution in [0.4, 0.5) is 0 Å². The summed E-state index contributed by atoms with van der Waals surface area (Å²) < 4.78 is 0. The van der Waals surface area contributed by atoms with E-state index in [9.17, 15) is 9.90 Å². The average Bonchev–Trinajstić information content (AvgIpc) is 2.46. The highest BCUT2D eigenvalue weighted by molar-refractivity contribution is 5.71. The molecule has 0 aromatic heterocycles. The monoisotopic (exact) mass is 304 g/mol. The van der Waals surface area contributed by atoms with Crippen LogP contribution in [0.25, 0.3) is 0 Å². The van der Waals surface area contributed by atoms with Crippen molar-refractivity contribution in [3.63, 3.8) is 0 Å². The number of hydrogen-bond donors (Lipinski definition) is 1. The van der Waals surface area contributed by atoms with Crippen LogP contribution in [0.1, 0.15) is 81.2 Å². The number of hydrogen-bond acceptors (Lipinski definition) is 1. The molecular formula is C20H32O2. The second-order valence-corrected chi connectivity index (χ2v) is 6.20. The Labute approximate surface area is 135 Å². The Hall–Kier alpha value is -1.31. The molecule has 0 aliphatic heterocycles. The molecule has 2 nitrogen and oxygen atoms in total. The highest BCUT2D eigenvalue weighted by atomic mass is 16.4. The minimum Gasteiger partial charge on any atom is -0.481 e. The molecule has 0 heterocycles. The fourth-order valence-electron chi connectivity index (χ4n) is 3.44. The van der Waals surface area contributed by atoms with E-state index < -0.39 is 5.97 Å². The Bertz CT molecular complexity index is 489. The van der Waals surface area contributed by atoms with Gasteiger partial charge in [-0.1, -0.05) is 59.4 Å². The van der Waals surface area contributed by atoms with Crippen molar-refractivity contribution >= 4 is 5.97 Å². The smallest absolute Gasteiger partial charge is 0.307 e. The van der Waals surface area contributed by atoms with Crippen molar-refractivity contribution in [3.05, 3.63) is 33.9 Å². The van der Waals surface area contributed by atoms with Crippen LogP contribution in [0.3, 0.4) is 0 Å². The zero-order valence-corrected chi connectivity index (χ0v) is 14.8. The van der Waals surface area contributed by atoms with Crippen molar-refractivity contribution in [2.45, 2.75) is 85.5 Å². The maximum Gasteiger partial charge on any atom is 0.307 e. The van der Waals surface area contributed by atoms with E-state index in [0.717, 1.165) is 56.9 Å². The highest BCUT2D eigenvalue weighted by Crippen LogP contribution is 2.29. The SMILES string of the molecule is CCCc1cc(CC(=O)O)c(CCC)c(CCC)c1CCC. The van der Waals surface area contributed by atoms with E-state index in [1.807, 2.05) is 0 Å². The summed E-state index contributed by atoms with van der Waals surface area (Å²) >= 11 is 0. The molecule has 0 saturated heterocycles. The summed E-state index contributed by atoms with van der Waals surface area (Å²) in [7, 11) is 0. The van der Waals surface area contributed by atoms with Crippen molar-refractivity contribution in [1.29, 1.82) is 0 Å². The van der Waals surface area contributed by atoms with Crippen LogP contribution in [0.2, 0.25) is 0 Å². The van der Waals surface area contributed by atoms with Gasteiger partial charge >= 0.3 is 5.97 Å². The third kappa shape index (κ3) is 4.86. The summed E-state index contributed by atoms with van der Waals surface area (Å²) in [6.07, 6.45) is 8.88. The van der Waals surface area contributed by atoms with Gasteiger partial charge in [0.2, 0.25) is 0 Å². The molecule has 0 aliphatic carbocycles. The lowest BCUT2D eigenvalue weighted by molar-refractivity contribution is -0.136. The van der Waals surface area contributed by atoms with Gasteiger partial charge in [0.1, 0.15) is 0 Å². The molecule has 1 aromatic carbocycles. The van der Waals surface area contributed by atoms with Crippen LogP contribution < -0.4 is 0 Å². The van der Waals surface area contributed by atoms with Crippen LogP contribution in [-0.4, -0.2) is 11.1 Å². The van der Waals surface area contributed by atoms with Gasteiger partial charge < -0.3 is 5.11 Å². The summed E-state index contributed by atoms with van der Waals surface area (Å²) in [6, 6.07) is 2.20. The Morgan fingerprint density at radius 1 is 0.773 bits per heavy atom. The van der Waals surface area contributed by atoms with Gasteiger partial charge in [-0.3, -0.25) is 4.79 Å². The molecule has 124 valence electrons. The van der Waals surface area contributed by atoms with E-state index in [1.165, 1.54) is 22.3 Å². The molecule has 22 heavy (non-hydrogen) atoms. The average molecular weight is 304 g/mol. The first-order valence-electron chi connectivity index (χ1n) is 8.95. The van der Waals surface area contributed by atoms with Crippen molar-refractivity contribution in [2.75, 3.05) is 0 Å². The third-order valence-corrected chi connectivity index (χ3v) is 4.21. The van der Waals surface area contributed by atoms with Crippen LogP contribution in [-0.2, 0) is 36.9 Å². The zero-order valence-electron chi connectivity index (χ0n) is 14.8. The molecule has 0 amide bonds. The standard InChI is InChI=1S/C20H32O2/c1-5-9-15-13-16(14-20(21)22)18(11-7-3)19(12-8-4)17(15)10-6-2/h13H,5-12,14H2,1-4H3,(H,21,22). The van der Waals surface area contributed by atoms with E-state index in [1.54, 1.807) is 0 Å². The lowest BCUT2D eigenvalue weighted by atomic mass is 9.83. The highest BCUT2D eigenvalue weighted by Gasteiger charge is 2.17. The van der Waals surface area contributed by atoms with E-state index in [-0.39, 0.29) is 6.42 Å². The molecule has 0 spiro atoms. The molecule has 0 bridgehead atoms. The summed E-state index contributed by atoms with van der Waals surface area (Å²) in [5.74, 6) is -0.717. The summed E-state index contributed by atoms with van der Waals surface area (Å²) in [5, 5.41) is 9.27. The van der Waals surface area contributed by atoms with Crippen molar-refractivity contribution < 1.29 is 9.90 Å². The minimum absolute atomic E-state index is 0.162. The first-order chi connectivity index (χ1) is 10.6. The maximum atomic E-state index is 11.3. The number of carbonyl (C=O) groups is 1. The van der Waals surface area contributed by atoms with Gasteiger partial charge in [-0.2, -0.15) is 0 Å². The predicted octanol–water partition coefficient (Wildman–Crippen LogP) is 5.12. The van der Waals surface area contributed by atoms with Crippen LogP contribution in [0, 0.1) is 0 Å². The van der Waals surface area contributed by atoms with E-state index >= 15 is 0 Å². The summed E-state index contributed by atoms with van der Waals surface area (Å²) in [4.78, 5) is 11.3. The summed E-state index contributed by atoms with van der Waals surface area (Å²) in [5.41, 5.74) is 6.76. The molecule has 0 aliphatic rings. The van der Waals surface area contributed by atoms with Gasteiger partial charge in [-0.05, 0) is 53.5 Å². The molecule has 0 saturated carbocycles. The molecule has 2 heteroatoms. The lowest BCUT2D eigenvalue weighted by Gasteiger charge is -2.22. The predicted molar refractivity (Wildman–Crippen MR) is 93.8 cm³/mol. The zero-order chi connectivity index (χ0) is 16.5. The first kappa shape index (κ1) is 18.7. The fraction of sp³-hybridized carbons (Fsp3) is 0.650. The third-order valence-electron chi connectivity index (χ3n) is 4.21. The minimum atomic E-state index is -0.717. The number of carboxylic acids is 1. The Morgan fingerprint density at radius 2 is 1.23 bits per heavy atom. The number of aryl methyl sites for hydroxylation is 1. The first-order valence-corrected chi connectivity index (χ1v) is 8.95. The van der Waals surface area contributed by atoms with Gasteiger partial charge in [0.25, 0.3) is 0 Å². The molecule has 0 atom stereocenters. The molecule has 0 unspecified atom stereocenters. The van der Waals surface area contributed by atoms with Crippen molar-refractivity contribution in [2.24, 2.45) is 0 Å². The Balaban J connectivity index is 3.51. The van der Waals surface area contributed by atoms with Gasteiger partial charge in [0, 0.05) is 0 Å². The molecule has 1 rings (SSSR count). The molecular weight excluding hydrogens is 272 g/mol. The van der Waals surface area contributed by atoms with Crippen LogP contribution in [0.15, 0.2) is 6.07 Å². The number of carboxylic acid groups (broad SMARTS) is 1. The molecule has 0 fully saturated rings. The fourth-order valence-corrected chi connectivity index (χ4v) is 3.44. The number of rotatable bonds is 10. The van der Waals surface area contributed by atoms with Crippen LogP contribution >= 0.6 is 0 Å². The number of aliphatic carboxylic acids is 1. The molecule has 1 aromatic rings. The topological polar surface area (TPSA) is 37.3 Å². The van der Waals surface area contributed by atoms with Gasteiger partial charge in [0.15, 0.2) is 0 Å². The van der Waals surface area contributed by atoms with Crippen molar-refractivity contribution in [3.8, 4) is 0 Å². The molecule has 1 N–H and O–H groups in total. The number of benzene rings is 1. The van der Waals surface area contributed by atoms with Gasteiger partial charge in [-0.25, -0.2) is 0 Å². The van der Waals surface area contributed by atoms with E-state index in [4.69, 9.17) is 0 Å². The molecule has 0 radical (unpaired) electrons. The second kappa shape index (κ2) is 9.66. The van der Waals surface area contributed by atoms with Gasteiger partial charge in [0.05, 0.1) is 6.42 Å². The lowest BCUT2D eigenvalue weighted by Crippen LogP contribution is -2.12. The Kier molecular flexibility index (Phi) is 8.22. The maximum absolute atomic E-state index is 11.3. The quantitative estimate of drug-likeness (QED) is 0.651. The van der Waals surface area contributed by atoms with Gasteiger partial charge in [-0.15, -0.1) is 0 Å².